The molecule has 4 nitrogen and oxygen atoms in total. The van der Waals surface area contributed by atoms with E-state index in [0.29, 0.717) is 13.0 Å². The van der Waals surface area contributed by atoms with Gasteiger partial charge in [0.05, 0.1) is 4.47 Å². The smallest absolute Gasteiger partial charge is 0.221 e. The fourth-order valence-electron chi connectivity index (χ4n) is 1.35. The molecule has 0 aliphatic rings. The predicted octanol–water partition coefficient (Wildman–Crippen LogP) is 2.48. The molecule has 0 bridgehead atoms. The van der Waals surface area contributed by atoms with Crippen molar-refractivity contribution in [3.8, 4) is 0 Å². The lowest BCUT2D eigenvalue weighted by Crippen LogP contribution is -2.31. The molecule has 0 radical (unpaired) electrons. The van der Waals surface area contributed by atoms with Gasteiger partial charge in [0.2, 0.25) is 5.91 Å². The summed E-state index contributed by atoms with van der Waals surface area (Å²) >= 11 is 3.43. The number of rotatable bonds is 5. The number of aryl methyl sites for hydroxylation is 1. The molecule has 1 rings (SSSR count). The standard InChI is InChI=1S/C12H18BrN3O/c1-8(2)16-11(17)4-5-14-12-10(13)6-9(3)7-15-12/h6-8H,4-5H2,1-3H3,(H,14,15)(H,16,17). The molecule has 2 N–H and O–H groups in total. The summed E-state index contributed by atoms with van der Waals surface area (Å²) in [4.78, 5) is 15.6. The second kappa shape index (κ2) is 6.59. The van der Waals surface area contributed by atoms with Gasteiger partial charge in [-0.3, -0.25) is 4.79 Å². The second-order valence-corrected chi connectivity index (χ2v) is 5.10. The van der Waals surface area contributed by atoms with Crippen molar-refractivity contribution in [1.82, 2.24) is 10.3 Å². The summed E-state index contributed by atoms with van der Waals surface area (Å²) in [6, 6.07) is 2.18. The van der Waals surface area contributed by atoms with Crippen LogP contribution in [0, 0.1) is 6.92 Å². The van der Waals surface area contributed by atoms with Crippen molar-refractivity contribution in [3.05, 3.63) is 22.3 Å². The zero-order valence-corrected chi connectivity index (χ0v) is 12.0. The van der Waals surface area contributed by atoms with Crippen molar-refractivity contribution in [2.24, 2.45) is 0 Å². The Labute approximate surface area is 110 Å². The van der Waals surface area contributed by atoms with Crippen LogP contribution in [0.2, 0.25) is 0 Å². The van der Waals surface area contributed by atoms with E-state index in [2.05, 4.69) is 31.5 Å². The molecule has 0 fully saturated rings. The largest absolute Gasteiger partial charge is 0.369 e. The lowest BCUT2D eigenvalue weighted by Gasteiger charge is -2.10. The highest BCUT2D eigenvalue weighted by Crippen LogP contribution is 2.20. The molecule has 1 aromatic rings. The highest BCUT2D eigenvalue weighted by molar-refractivity contribution is 9.10. The number of pyridine rings is 1. The first-order chi connectivity index (χ1) is 7.99. The number of carbonyl (C=O) groups excluding carboxylic acids is 1. The monoisotopic (exact) mass is 299 g/mol. The molecule has 1 heterocycles. The van der Waals surface area contributed by atoms with Crippen LogP contribution in [0.15, 0.2) is 16.7 Å². The number of aromatic nitrogens is 1. The quantitative estimate of drug-likeness (QED) is 0.878. The molecule has 0 saturated heterocycles. The first kappa shape index (κ1) is 14.0. The fourth-order valence-corrected chi connectivity index (χ4v) is 1.96. The van der Waals surface area contributed by atoms with Gasteiger partial charge in [0, 0.05) is 25.2 Å². The highest BCUT2D eigenvalue weighted by atomic mass is 79.9. The van der Waals surface area contributed by atoms with Gasteiger partial charge in [0.1, 0.15) is 5.82 Å². The van der Waals surface area contributed by atoms with E-state index >= 15 is 0 Å². The van der Waals surface area contributed by atoms with Crippen molar-refractivity contribution in [1.29, 1.82) is 0 Å². The number of anilines is 1. The number of halogens is 1. The lowest BCUT2D eigenvalue weighted by molar-refractivity contribution is -0.121. The van der Waals surface area contributed by atoms with Gasteiger partial charge in [-0.25, -0.2) is 4.98 Å². The number of hydrogen-bond acceptors (Lipinski definition) is 3. The number of amides is 1. The summed E-state index contributed by atoms with van der Waals surface area (Å²) in [5.74, 6) is 0.823. The van der Waals surface area contributed by atoms with E-state index in [1.807, 2.05) is 26.8 Å². The average molecular weight is 300 g/mol. The zero-order valence-electron chi connectivity index (χ0n) is 10.4. The van der Waals surface area contributed by atoms with Gasteiger partial charge >= 0.3 is 0 Å². The molecular formula is C12H18BrN3O. The maximum atomic E-state index is 11.4. The third-order valence-electron chi connectivity index (χ3n) is 2.07. The van der Waals surface area contributed by atoms with Gasteiger partial charge < -0.3 is 10.6 Å². The van der Waals surface area contributed by atoms with E-state index in [1.54, 1.807) is 6.20 Å². The molecule has 5 heteroatoms. The van der Waals surface area contributed by atoms with Crippen LogP contribution >= 0.6 is 15.9 Å². The van der Waals surface area contributed by atoms with Gasteiger partial charge in [0.25, 0.3) is 0 Å². The first-order valence-corrected chi connectivity index (χ1v) is 6.43. The Kier molecular flexibility index (Phi) is 5.41. The third kappa shape index (κ3) is 5.17. The third-order valence-corrected chi connectivity index (χ3v) is 2.68. The minimum absolute atomic E-state index is 0.0516. The van der Waals surface area contributed by atoms with E-state index in [-0.39, 0.29) is 11.9 Å². The maximum absolute atomic E-state index is 11.4. The molecule has 17 heavy (non-hydrogen) atoms. The number of carbonyl (C=O) groups is 1. The topological polar surface area (TPSA) is 54.0 Å². The summed E-state index contributed by atoms with van der Waals surface area (Å²) in [7, 11) is 0. The summed E-state index contributed by atoms with van der Waals surface area (Å²) in [6.45, 7) is 6.46. The Bertz CT molecular complexity index is 393. The van der Waals surface area contributed by atoms with Gasteiger partial charge in [-0.1, -0.05) is 0 Å². The molecule has 1 amide bonds. The van der Waals surface area contributed by atoms with Gasteiger partial charge in [-0.2, -0.15) is 0 Å². The SMILES string of the molecule is Cc1cnc(NCCC(=O)NC(C)C)c(Br)c1. The van der Waals surface area contributed by atoms with E-state index in [4.69, 9.17) is 0 Å². The Morgan fingerprint density at radius 2 is 2.24 bits per heavy atom. The Balaban J connectivity index is 2.38. The van der Waals surface area contributed by atoms with Crippen molar-refractivity contribution < 1.29 is 4.79 Å². The molecular weight excluding hydrogens is 282 g/mol. The maximum Gasteiger partial charge on any atom is 0.221 e. The van der Waals surface area contributed by atoms with Gasteiger partial charge in [-0.05, 0) is 48.3 Å². The molecule has 94 valence electrons. The molecule has 0 aliphatic heterocycles. The van der Waals surface area contributed by atoms with Crippen molar-refractivity contribution >= 4 is 27.7 Å². The Hall–Kier alpha value is -1.10. The van der Waals surface area contributed by atoms with Gasteiger partial charge in [-0.15, -0.1) is 0 Å². The van der Waals surface area contributed by atoms with Crippen LogP contribution in [-0.2, 0) is 4.79 Å². The molecule has 1 aromatic heterocycles. The van der Waals surface area contributed by atoms with Crippen LogP contribution in [0.1, 0.15) is 25.8 Å². The van der Waals surface area contributed by atoms with Crippen LogP contribution in [0.3, 0.4) is 0 Å². The highest BCUT2D eigenvalue weighted by Gasteiger charge is 2.04. The van der Waals surface area contributed by atoms with E-state index in [0.717, 1.165) is 15.9 Å². The minimum Gasteiger partial charge on any atom is -0.369 e. The first-order valence-electron chi connectivity index (χ1n) is 5.64. The van der Waals surface area contributed by atoms with Crippen LogP contribution in [0.5, 0.6) is 0 Å². The molecule has 0 aliphatic carbocycles. The minimum atomic E-state index is 0.0516. The number of nitrogens with one attached hydrogen (secondary N) is 2. The molecule has 0 aromatic carbocycles. The van der Waals surface area contributed by atoms with E-state index < -0.39 is 0 Å². The summed E-state index contributed by atoms with van der Waals surface area (Å²) in [6.07, 6.45) is 2.24. The summed E-state index contributed by atoms with van der Waals surface area (Å²) in [5, 5.41) is 5.97. The van der Waals surface area contributed by atoms with Crippen LogP contribution in [-0.4, -0.2) is 23.5 Å². The second-order valence-electron chi connectivity index (χ2n) is 4.24. The van der Waals surface area contributed by atoms with Crippen LogP contribution in [0.4, 0.5) is 5.82 Å². The Morgan fingerprint density at radius 1 is 1.53 bits per heavy atom. The van der Waals surface area contributed by atoms with Crippen molar-refractivity contribution in [2.45, 2.75) is 33.2 Å². The summed E-state index contributed by atoms with van der Waals surface area (Å²) < 4.78 is 0.918. The lowest BCUT2D eigenvalue weighted by atomic mass is 10.3. The molecule has 0 unspecified atom stereocenters. The van der Waals surface area contributed by atoms with Crippen molar-refractivity contribution in [2.75, 3.05) is 11.9 Å². The number of nitrogens with zero attached hydrogens (tertiary/aromatic N) is 1. The molecule has 0 atom stereocenters. The molecule has 0 spiro atoms. The van der Waals surface area contributed by atoms with Crippen molar-refractivity contribution in [3.63, 3.8) is 0 Å². The van der Waals surface area contributed by atoms with Gasteiger partial charge in [0.15, 0.2) is 0 Å². The van der Waals surface area contributed by atoms with E-state index in [1.165, 1.54) is 0 Å². The zero-order chi connectivity index (χ0) is 12.8. The Morgan fingerprint density at radius 3 is 2.82 bits per heavy atom. The fraction of sp³-hybridized carbons (Fsp3) is 0.500. The van der Waals surface area contributed by atoms with Crippen LogP contribution < -0.4 is 10.6 Å². The number of hydrogen-bond donors (Lipinski definition) is 2. The average Bonchev–Trinajstić information content (AvgIpc) is 2.20. The van der Waals surface area contributed by atoms with Crippen LogP contribution in [0.25, 0.3) is 0 Å². The van der Waals surface area contributed by atoms with E-state index in [9.17, 15) is 4.79 Å². The normalized spacial score (nSPS) is 10.4. The summed E-state index contributed by atoms with van der Waals surface area (Å²) in [5.41, 5.74) is 1.10. The molecule has 0 saturated carbocycles. The predicted molar refractivity (Wildman–Crippen MR) is 73.1 cm³/mol.